The van der Waals surface area contributed by atoms with E-state index in [1.807, 2.05) is 35.7 Å². The summed E-state index contributed by atoms with van der Waals surface area (Å²) in [6.07, 6.45) is 0. The second-order valence-corrected chi connectivity index (χ2v) is 8.58. The second-order valence-electron chi connectivity index (χ2n) is 5.73. The summed E-state index contributed by atoms with van der Waals surface area (Å²) in [5.41, 5.74) is 1.03. The first-order valence-corrected chi connectivity index (χ1v) is 11.1. The molecule has 0 amide bonds. The van der Waals surface area contributed by atoms with Crippen molar-refractivity contribution in [3.63, 3.8) is 0 Å². The summed E-state index contributed by atoms with van der Waals surface area (Å²) < 4.78 is 7.85. The lowest BCUT2D eigenvalue weighted by Crippen LogP contribution is -2.03. The molecule has 8 heteroatoms. The minimum atomic E-state index is 0.488. The lowest BCUT2D eigenvalue weighted by molar-refractivity contribution is 0.344. The predicted octanol–water partition coefficient (Wildman–Crippen LogP) is 6.47. The van der Waals surface area contributed by atoms with Gasteiger partial charge < -0.3 is 4.74 Å². The number of ether oxygens (including phenoxy) is 1. The zero-order valence-electron chi connectivity index (χ0n) is 14.6. The number of hydrogen-bond acceptors (Lipinski definition) is 5. The highest BCUT2D eigenvalue weighted by Crippen LogP contribution is 2.31. The van der Waals surface area contributed by atoms with Crippen LogP contribution in [0.2, 0.25) is 10.0 Å². The van der Waals surface area contributed by atoms with Crippen LogP contribution in [-0.2, 0) is 0 Å². The third-order valence-corrected chi connectivity index (χ3v) is 6.14. The van der Waals surface area contributed by atoms with Crippen LogP contribution in [0.3, 0.4) is 0 Å². The zero-order chi connectivity index (χ0) is 19.3. The fourth-order valence-electron chi connectivity index (χ4n) is 2.62. The summed E-state index contributed by atoms with van der Waals surface area (Å²) in [6.45, 7) is 0.488. The molecule has 0 unspecified atom stereocenters. The quantitative estimate of drug-likeness (QED) is 0.240. The van der Waals surface area contributed by atoms with Crippen molar-refractivity contribution in [1.82, 2.24) is 14.8 Å². The molecule has 142 valence electrons. The Bertz CT molecular complexity index is 1050. The Morgan fingerprint density at radius 2 is 1.86 bits per heavy atom. The van der Waals surface area contributed by atoms with Crippen LogP contribution in [0.4, 0.5) is 0 Å². The standard InChI is InChI=1S/C20H15Cl2N3OS2/c21-14-8-9-17(16(22)13-14)26-10-12-28-20-24-23-19(18-7-4-11-27-18)25(20)15-5-2-1-3-6-15/h1-9,11,13H,10,12H2. The fourth-order valence-corrected chi connectivity index (χ4v) is 4.55. The van der Waals surface area contributed by atoms with Crippen molar-refractivity contribution in [2.24, 2.45) is 0 Å². The summed E-state index contributed by atoms with van der Waals surface area (Å²) in [5, 5.41) is 12.8. The average Bonchev–Trinajstić information content (AvgIpc) is 3.37. The number of para-hydroxylation sites is 1. The summed E-state index contributed by atoms with van der Waals surface area (Å²) >= 11 is 15.3. The Kier molecular flexibility index (Phi) is 6.22. The van der Waals surface area contributed by atoms with Gasteiger partial charge in [0.05, 0.1) is 16.5 Å². The molecule has 0 saturated heterocycles. The number of halogens is 2. The highest BCUT2D eigenvalue weighted by molar-refractivity contribution is 7.99. The van der Waals surface area contributed by atoms with Gasteiger partial charge in [-0.2, -0.15) is 0 Å². The van der Waals surface area contributed by atoms with E-state index in [2.05, 4.69) is 26.9 Å². The van der Waals surface area contributed by atoms with Crippen LogP contribution in [0.1, 0.15) is 0 Å². The first kappa shape index (κ1) is 19.3. The highest BCUT2D eigenvalue weighted by atomic mass is 35.5. The van der Waals surface area contributed by atoms with Crippen molar-refractivity contribution < 1.29 is 4.74 Å². The Labute approximate surface area is 181 Å². The van der Waals surface area contributed by atoms with Gasteiger partial charge in [-0.05, 0) is 41.8 Å². The number of benzene rings is 2. The average molecular weight is 448 g/mol. The van der Waals surface area contributed by atoms with Gasteiger partial charge in [-0.25, -0.2) is 0 Å². The monoisotopic (exact) mass is 447 g/mol. The van der Waals surface area contributed by atoms with Crippen molar-refractivity contribution in [2.45, 2.75) is 5.16 Å². The van der Waals surface area contributed by atoms with Crippen LogP contribution >= 0.6 is 46.3 Å². The Hall–Kier alpha value is -1.99. The molecule has 0 saturated carbocycles. The first-order valence-electron chi connectivity index (χ1n) is 8.48. The number of hydrogen-bond donors (Lipinski definition) is 0. The van der Waals surface area contributed by atoms with Crippen LogP contribution in [-0.4, -0.2) is 27.1 Å². The topological polar surface area (TPSA) is 39.9 Å². The molecule has 28 heavy (non-hydrogen) atoms. The number of thiophene rings is 1. The predicted molar refractivity (Wildman–Crippen MR) is 117 cm³/mol. The van der Waals surface area contributed by atoms with Crippen LogP contribution in [0.25, 0.3) is 16.4 Å². The van der Waals surface area contributed by atoms with Crippen LogP contribution in [0.5, 0.6) is 5.75 Å². The van der Waals surface area contributed by atoms with Crippen LogP contribution in [0, 0.1) is 0 Å². The van der Waals surface area contributed by atoms with Gasteiger partial charge in [0.15, 0.2) is 11.0 Å². The largest absolute Gasteiger partial charge is 0.491 e. The van der Waals surface area contributed by atoms with Gasteiger partial charge in [0.2, 0.25) is 0 Å². The molecule has 4 nitrogen and oxygen atoms in total. The Morgan fingerprint density at radius 3 is 2.61 bits per heavy atom. The molecule has 2 aromatic carbocycles. The molecule has 0 aliphatic heterocycles. The minimum Gasteiger partial charge on any atom is -0.491 e. The van der Waals surface area contributed by atoms with Crippen molar-refractivity contribution in [1.29, 1.82) is 0 Å². The highest BCUT2D eigenvalue weighted by Gasteiger charge is 2.16. The summed E-state index contributed by atoms with van der Waals surface area (Å²) in [6, 6.07) is 19.4. The van der Waals surface area contributed by atoms with E-state index in [-0.39, 0.29) is 0 Å². The molecule has 2 heterocycles. The SMILES string of the molecule is Clc1ccc(OCCSc2nnc(-c3cccs3)n2-c2ccccc2)c(Cl)c1. The molecule has 0 aliphatic carbocycles. The van der Waals surface area contributed by atoms with Gasteiger partial charge in [0.1, 0.15) is 5.75 Å². The summed E-state index contributed by atoms with van der Waals surface area (Å²) in [5.74, 6) is 2.16. The second kappa shape index (κ2) is 9.01. The molecule has 0 bridgehead atoms. The van der Waals surface area contributed by atoms with E-state index < -0.39 is 0 Å². The van der Waals surface area contributed by atoms with E-state index in [1.54, 1.807) is 41.3 Å². The molecule has 2 aromatic heterocycles. The number of nitrogens with zero attached hydrogens (tertiary/aromatic N) is 3. The third kappa shape index (κ3) is 4.36. The first-order chi connectivity index (χ1) is 13.7. The Balaban J connectivity index is 1.50. The number of thioether (sulfide) groups is 1. The molecule has 4 rings (SSSR count). The van der Waals surface area contributed by atoms with Gasteiger partial charge in [-0.1, -0.05) is 59.2 Å². The number of aromatic nitrogens is 3. The Morgan fingerprint density at radius 1 is 1.00 bits per heavy atom. The van der Waals surface area contributed by atoms with Gasteiger partial charge in [-0.15, -0.1) is 21.5 Å². The van der Waals surface area contributed by atoms with E-state index >= 15 is 0 Å². The van der Waals surface area contributed by atoms with Crippen molar-refractivity contribution in [2.75, 3.05) is 12.4 Å². The summed E-state index contributed by atoms with van der Waals surface area (Å²) in [4.78, 5) is 1.08. The van der Waals surface area contributed by atoms with Gasteiger partial charge in [0.25, 0.3) is 0 Å². The van der Waals surface area contributed by atoms with Crippen LogP contribution < -0.4 is 4.74 Å². The molecule has 0 atom stereocenters. The van der Waals surface area contributed by atoms with Crippen molar-refractivity contribution >= 4 is 46.3 Å². The van der Waals surface area contributed by atoms with E-state index in [1.165, 1.54) is 0 Å². The van der Waals surface area contributed by atoms with Gasteiger partial charge in [0, 0.05) is 16.5 Å². The molecule has 0 radical (unpaired) electrons. The van der Waals surface area contributed by atoms with E-state index in [0.29, 0.717) is 28.2 Å². The molecule has 0 aliphatic rings. The van der Waals surface area contributed by atoms with Gasteiger partial charge in [-0.3, -0.25) is 4.57 Å². The smallest absolute Gasteiger partial charge is 0.196 e. The fraction of sp³-hybridized carbons (Fsp3) is 0.100. The lowest BCUT2D eigenvalue weighted by Gasteiger charge is -2.10. The van der Waals surface area contributed by atoms with Crippen molar-refractivity contribution in [3.05, 3.63) is 76.1 Å². The van der Waals surface area contributed by atoms with Gasteiger partial charge >= 0.3 is 0 Å². The lowest BCUT2D eigenvalue weighted by atomic mass is 10.3. The summed E-state index contributed by atoms with van der Waals surface area (Å²) in [7, 11) is 0. The number of rotatable bonds is 7. The van der Waals surface area contributed by atoms with Crippen molar-refractivity contribution in [3.8, 4) is 22.1 Å². The molecular weight excluding hydrogens is 433 g/mol. The van der Waals surface area contributed by atoms with E-state index in [9.17, 15) is 0 Å². The molecule has 0 N–H and O–H groups in total. The minimum absolute atomic E-state index is 0.488. The zero-order valence-corrected chi connectivity index (χ0v) is 17.7. The maximum atomic E-state index is 6.15. The third-order valence-electron chi connectivity index (χ3n) is 3.86. The maximum absolute atomic E-state index is 6.15. The molecule has 0 fully saturated rings. The molecule has 0 spiro atoms. The normalized spacial score (nSPS) is 10.9. The van der Waals surface area contributed by atoms with Crippen LogP contribution in [0.15, 0.2) is 71.2 Å². The van der Waals surface area contributed by atoms with E-state index in [0.717, 1.165) is 21.5 Å². The van der Waals surface area contributed by atoms with E-state index in [4.69, 9.17) is 27.9 Å². The molecule has 4 aromatic rings. The molecular formula is C20H15Cl2N3OS2. The maximum Gasteiger partial charge on any atom is 0.196 e.